The zero-order chi connectivity index (χ0) is 25.4. The van der Waals surface area contributed by atoms with Crippen LogP contribution in [0, 0.1) is 11.8 Å². The number of nitrogens with one attached hydrogen (secondary N) is 2. The highest BCUT2D eigenvalue weighted by molar-refractivity contribution is 7.85. The van der Waals surface area contributed by atoms with Crippen LogP contribution in [0.2, 0.25) is 0 Å². The molecule has 2 saturated carbocycles. The molecule has 4 N–H and O–H groups in total. The second-order valence-corrected chi connectivity index (χ2v) is 11.3. The molecule has 11 heteroatoms. The molecule has 35 heavy (non-hydrogen) atoms. The quantitative estimate of drug-likeness (QED) is 0.237. The van der Waals surface area contributed by atoms with E-state index in [-0.39, 0.29) is 34.8 Å². The molecule has 2 unspecified atom stereocenters. The Kier molecular flexibility index (Phi) is 10.1. The van der Waals surface area contributed by atoms with E-state index in [1.165, 1.54) is 12.0 Å². The first-order valence-electron chi connectivity index (χ1n) is 12.6. The number of primary amides is 1. The van der Waals surface area contributed by atoms with E-state index in [1.807, 2.05) is 0 Å². The van der Waals surface area contributed by atoms with Crippen molar-refractivity contribution in [1.29, 1.82) is 0 Å². The Morgan fingerprint density at radius 1 is 1.17 bits per heavy atom. The van der Waals surface area contributed by atoms with E-state index < -0.39 is 34.9 Å². The van der Waals surface area contributed by atoms with E-state index in [9.17, 15) is 23.4 Å². The number of allylic oxidation sites excluding steroid dienone is 2. The molecule has 3 fully saturated rings. The van der Waals surface area contributed by atoms with E-state index in [4.69, 9.17) is 5.73 Å². The molecule has 0 aromatic rings. The number of carbonyl (C=O) groups excluding carboxylic acids is 4. The Balaban J connectivity index is 1.32. The minimum atomic E-state index is -0.931. The van der Waals surface area contributed by atoms with Gasteiger partial charge in [-0.2, -0.15) is 0 Å². The van der Waals surface area contributed by atoms with Gasteiger partial charge in [-0.15, -0.1) is 0 Å². The highest BCUT2D eigenvalue weighted by atomic mass is 32.2. The van der Waals surface area contributed by atoms with Crippen LogP contribution in [0.1, 0.15) is 64.2 Å². The van der Waals surface area contributed by atoms with Crippen molar-refractivity contribution in [3.05, 3.63) is 12.2 Å². The third-order valence-corrected chi connectivity index (χ3v) is 8.49. The molecule has 1 aliphatic heterocycles. The van der Waals surface area contributed by atoms with Crippen LogP contribution in [-0.4, -0.2) is 69.8 Å². The van der Waals surface area contributed by atoms with E-state index >= 15 is 0 Å². The molecular weight excluding hydrogens is 472 g/mol. The second kappa shape index (κ2) is 13.0. The number of likely N-dealkylation sites (tertiary alicyclic amines) is 1. The molecule has 3 aliphatic rings. The van der Waals surface area contributed by atoms with Crippen LogP contribution >= 0.6 is 0 Å². The topological polar surface area (TPSA) is 148 Å². The van der Waals surface area contributed by atoms with Gasteiger partial charge in [0.05, 0.1) is 13.0 Å². The Hall–Kier alpha value is -2.43. The maximum absolute atomic E-state index is 13.0. The van der Waals surface area contributed by atoms with E-state index in [2.05, 4.69) is 27.5 Å². The molecule has 0 aromatic carbocycles. The van der Waals surface area contributed by atoms with Crippen molar-refractivity contribution < 1.29 is 28.1 Å². The zero-order valence-electron chi connectivity index (χ0n) is 20.4. The predicted octanol–water partition coefficient (Wildman–Crippen LogP) is 1.31. The first kappa shape index (κ1) is 27.2. The Labute approximate surface area is 209 Å². The summed E-state index contributed by atoms with van der Waals surface area (Å²) in [6, 6.07) is -1.37. The summed E-state index contributed by atoms with van der Waals surface area (Å²) in [4.78, 5) is 49.9. The van der Waals surface area contributed by atoms with Gasteiger partial charge in [-0.3, -0.25) is 18.6 Å². The van der Waals surface area contributed by atoms with Crippen LogP contribution in [0.4, 0.5) is 4.79 Å². The van der Waals surface area contributed by atoms with Gasteiger partial charge < -0.3 is 26.0 Å². The summed E-state index contributed by atoms with van der Waals surface area (Å²) in [5, 5.41) is 5.69. The number of hydrogen-bond acceptors (Lipinski definition) is 6. The lowest BCUT2D eigenvalue weighted by Crippen LogP contribution is -2.52. The van der Waals surface area contributed by atoms with E-state index in [1.54, 1.807) is 0 Å². The Morgan fingerprint density at radius 3 is 2.63 bits per heavy atom. The molecular formula is C24H38N4O6S. The normalized spacial score (nSPS) is 25.2. The number of carbonyl (C=O) groups is 4. The fourth-order valence-corrected chi connectivity index (χ4v) is 5.68. The average Bonchev–Trinajstić information content (AvgIpc) is 3.77. The van der Waals surface area contributed by atoms with Crippen LogP contribution in [-0.2, 0) is 29.9 Å². The lowest BCUT2D eigenvalue weighted by molar-refractivity contribution is -0.139. The monoisotopic (exact) mass is 510 g/mol. The van der Waals surface area contributed by atoms with Crippen molar-refractivity contribution in [3.63, 3.8) is 0 Å². The number of methoxy groups -OCH3 is 1. The van der Waals surface area contributed by atoms with Gasteiger partial charge in [0.2, 0.25) is 17.7 Å². The molecule has 3 rings (SSSR count). The molecule has 5 atom stereocenters. The molecule has 0 bridgehead atoms. The Bertz CT molecular complexity index is 846. The highest BCUT2D eigenvalue weighted by Gasteiger charge is 2.41. The first-order chi connectivity index (χ1) is 16.8. The fourth-order valence-electron chi connectivity index (χ4n) is 4.49. The van der Waals surface area contributed by atoms with Gasteiger partial charge in [0.1, 0.15) is 12.1 Å². The fraction of sp³-hybridized carbons (Fsp3) is 0.750. The predicted molar refractivity (Wildman–Crippen MR) is 131 cm³/mol. The largest absolute Gasteiger partial charge is 0.453 e. The van der Waals surface area contributed by atoms with Gasteiger partial charge in [0, 0.05) is 28.5 Å². The summed E-state index contributed by atoms with van der Waals surface area (Å²) in [6.45, 7) is 0.454. The van der Waals surface area contributed by atoms with E-state index in [0.29, 0.717) is 25.8 Å². The third kappa shape index (κ3) is 8.33. The molecule has 0 spiro atoms. The van der Waals surface area contributed by atoms with Crippen LogP contribution in [0.25, 0.3) is 0 Å². The van der Waals surface area contributed by atoms with Crippen molar-refractivity contribution in [1.82, 2.24) is 15.5 Å². The molecule has 196 valence electrons. The number of unbranched alkanes of at least 4 members (excludes halogenated alkanes) is 3. The molecule has 1 saturated heterocycles. The van der Waals surface area contributed by atoms with Gasteiger partial charge in [-0.25, -0.2) is 4.79 Å². The number of ether oxygens (including phenoxy) is 1. The highest BCUT2D eigenvalue weighted by Crippen LogP contribution is 2.40. The van der Waals surface area contributed by atoms with Crippen molar-refractivity contribution in [2.24, 2.45) is 17.6 Å². The number of nitrogens with zero attached hydrogens (tertiary/aromatic N) is 1. The number of alkyl carbamates (subject to hydrolysis) is 1. The van der Waals surface area contributed by atoms with Crippen molar-refractivity contribution in [2.75, 3.05) is 19.5 Å². The third-order valence-electron chi connectivity index (χ3n) is 6.85. The van der Waals surface area contributed by atoms with Gasteiger partial charge in [-0.05, 0) is 57.3 Å². The maximum Gasteiger partial charge on any atom is 0.407 e. The molecule has 1 heterocycles. The minimum absolute atomic E-state index is 0.000887. The van der Waals surface area contributed by atoms with Crippen LogP contribution in [0.5, 0.6) is 0 Å². The number of amides is 4. The SMILES string of the molecule is COC(=O)N[C@@H](CCCCC/C=C\[C@@H]1CC1C(=O)NCS(=O)C1CC1)C(=O)N1CCC[C@H]1C(N)=O. The Morgan fingerprint density at radius 2 is 1.94 bits per heavy atom. The minimum Gasteiger partial charge on any atom is -0.453 e. The summed E-state index contributed by atoms with van der Waals surface area (Å²) in [6.07, 6.45) is 11.5. The summed E-state index contributed by atoms with van der Waals surface area (Å²) in [7, 11) is 0.313. The smallest absolute Gasteiger partial charge is 0.407 e. The summed E-state index contributed by atoms with van der Waals surface area (Å²) in [5.74, 6) is -0.299. The van der Waals surface area contributed by atoms with Crippen LogP contribution in [0.3, 0.4) is 0 Å². The van der Waals surface area contributed by atoms with Crippen molar-refractivity contribution in [3.8, 4) is 0 Å². The van der Waals surface area contributed by atoms with Gasteiger partial charge in [0.15, 0.2) is 0 Å². The van der Waals surface area contributed by atoms with Gasteiger partial charge in [-0.1, -0.05) is 25.0 Å². The second-order valence-electron chi connectivity index (χ2n) is 9.62. The summed E-state index contributed by atoms with van der Waals surface area (Å²) in [5.41, 5.74) is 5.43. The zero-order valence-corrected chi connectivity index (χ0v) is 21.2. The summed E-state index contributed by atoms with van der Waals surface area (Å²) >= 11 is 0. The molecule has 2 aliphatic carbocycles. The van der Waals surface area contributed by atoms with Gasteiger partial charge in [0.25, 0.3) is 0 Å². The lowest BCUT2D eigenvalue weighted by Gasteiger charge is -2.27. The number of hydrogen-bond donors (Lipinski definition) is 3. The van der Waals surface area contributed by atoms with Crippen molar-refractivity contribution >= 4 is 34.6 Å². The van der Waals surface area contributed by atoms with Crippen LogP contribution < -0.4 is 16.4 Å². The maximum atomic E-state index is 13.0. The number of nitrogens with two attached hydrogens (primary N) is 1. The van der Waals surface area contributed by atoms with Gasteiger partial charge >= 0.3 is 6.09 Å². The summed E-state index contributed by atoms with van der Waals surface area (Å²) < 4.78 is 16.5. The van der Waals surface area contributed by atoms with Crippen molar-refractivity contribution in [2.45, 2.75) is 81.5 Å². The molecule has 10 nitrogen and oxygen atoms in total. The standard InChI is InChI=1S/C24H38N4O6S/c1-34-24(32)27-19(23(31)28-13-7-10-20(28)21(25)29)9-6-4-2-3-5-8-16-14-18(16)22(30)26-15-35(33)17-11-12-17/h5,8,16-20H,2-4,6-7,9-15H2,1H3,(H2,25,29)(H,26,30)(H,27,32)/b8-5-/t16-,18?,19+,20+,35?/m1/s1. The lowest BCUT2D eigenvalue weighted by atomic mass is 10.0. The van der Waals surface area contributed by atoms with Crippen LogP contribution in [0.15, 0.2) is 12.2 Å². The first-order valence-corrected chi connectivity index (χ1v) is 14.0. The average molecular weight is 511 g/mol. The van der Waals surface area contributed by atoms with E-state index in [0.717, 1.165) is 44.9 Å². The number of rotatable bonds is 14. The molecule has 0 radical (unpaired) electrons. The molecule has 4 amide bonds. The molecule has 0 aromatic heterocycles.